The van der Waals surface area contributed by atoms with Crippen molar-refractivity contribution in [2.45, 2.75) is 29.8 Å². The molecular formula is C26H22ClNO6S. The van der Waals surface area contributed by atoms with Gasteiger partial charge in [0, 0.05) is 16.8 Å². The number of carbonyl (C=O) groups is 3. The van der Waals surface area contributed by atoms with Crippen molar-refractivity contribution < 1.29 is 29.0 Å². The first-order valence-corrected chi connectivity index (χ1v) is 12.0. The van der Waals surface area contributed by atoms with Crippen LogP contribution in [-0.4, -0.2) is 35.6 Å². The van der Waals surface area contributed by atoms with Crippen LogP contribution in [0.5, 0.6) is 5.75 Å². The van der Waals surface area contributed by atoms with E-state index < -0.39 is 35.7 Å². The molecular weight excluding hydrogens is 490 g/mol. The highest BCUT2D eigenvalue weighted by molar-refractivity contribution is 7.99. The predicted molar refractivity (Wildman–Crippen MR) is 133 cm³/mol. The minimum Gasteiger partial charge on any atom is -0.489 e. The summed E-state index contributed by atoms with van der Waals surface area (Å²) >= 11 is 7.49. The van der Waals surface area contributed by atoms with Crippen LogP contribution in [0.3, 0.4) is 0 Å². The standard InChI is InChI=1S/C26H22ClNO6S/c1-16(29)34-24-25(18-7-10-20(11-8-18)33-15-17-5-3-2-4-6-17)35-22-13-19(27)9-12-21(22)28(26(24)32)14-23(30)31/h2-13,24-25H,14-15H2,1H3,(H,30,31)/t24-,25+/m1/s1. The second kappa shape index (κ2) is 10.8. The van der Waals surface area contributed by atoms with Gasteiger partial charge in [-0.1, -0.05) is 54.1 Å². The molecule has 180 valence electrons. The topological polar surface area (TPSA) is 93.1 Å². The van der Waals surface area contributed by atoms with Crippen molar-refractivity contribution >= 4 is 46.9 Å². The number of carbonyl (C=O) groups excluding carboxylic acids is 2. The van der Waals surface area contributed by atoms with Crippen molar-refractivity contribution in [1.29, 1.82) is 0 Å². The van der Waals surface area contributed by atoms with Gasteiger partial charge in [0.15, 0.2) is 6.10 Å². The fourth-order valence-electron chi connectivity index (χ4n) is 3.73. The van der Waals surface area contributed by atoms with Crippen molar-refractivity contribution in [2.75, 3.05) is 11.4 Å². The van der Waals surface area contributed by atoms with E-state index in [-0.39, 0.29) is 0 Å². The van der Waals surface area contributed by atoms with Gasteiger partial charge in [-0.25, -0.2) is 0 Å². The summed E-state index contributed by atoms with van der Waals surface area (Å²) in [6.07, 6.45) is -1.24. The SMILES string of the molecule is CC(=O)O[C@H]1C(=O)N(CC(=O)O)c2ccc(Cl)cc2S[C@H]1c1ccc(OCc2ccccc2)cc1. The van der Waals surface area contributed by atoms with Gasteiger partial charge in [-0.15, -0.1) is 11.8 Å². The number of hydrogen-bond donors (Lipinski definition) is 1. The third-order valence-corrected chi connectivity index (χ3v) is 6.88. The minimum atomic E-state index is -1.24. The lowest BCUT2D eigenvalue weighted by molar-refractivity contribution is -0.153. The molecule has 7 nitrogen and oxygen atoms in total. The number of amides is 1. The summed E-state index contributed by atoms with van der Waals surface area (Å²) < 4.78 is 11.3. The second-order valence-electron chi connectivity index (χ2n) is 7.84. The van der Waals surface area contributed by atoms with Gasteiger partial charge in [-0.05, 0) is 41.5 Å². The number of aliphatic carboxylic acids is 1. The predicted octanol–water partition coefficient (Wildman–Crippen LogP) is 5.12. The van der Waals surface area contributed by atoms with E-state index >= 15 is 0 Å². The zero-order valence-electron chi connectivity index (χ0n) is 18.7. The number of benzene rings is 3. The van der Waals surface area contributed by atoms with E-state index in [0.717, 1.165) is 10.5 Å². The number of hydrogen-bond acceptors (Lipinski definition) is 6. The van der Waals surface area contributed by atoms with E-state index in [0.29, 0.717) is 33.5 Å². The van der Waals surface area contributed by atoms with E-state index in [1.54, 1.807) is 42.5 Å². The number of halogens is 1. The first-order valence-electron chi connectivity index (χ1n) is 10.7. The molecule has 4 rings (SSSR count). The number of carboxylic acid groups (broad SMARTS) is 1. The molecule has 3 aromatic carbocycles. The van der Waals surface area contributed by atoms with Crippen molar-refractivity contribution in [1.82, 2.24) is 0 Å². The van der Waals surface area contributed by atoms with E-state index in [1.165, 1.54) is 18.7 Å². The van der Waals surface area contributed by atoms with Gasteiger partial charge in [-0.2, -0.15) is 0 Å². The normalized spacial score (nSPS) is 17.3. The molecule has 1 heterocycles. The Hall–Kier alpha value is -3.49. The fourth-order valence-corrected chi connectivity index (χ4v) is 5.33. The Labute approximate surface area is 211 Å². The third-order valence-electron chi connectivity index (χ3n) is 5.29. The average molecular weight is 512 g/mol. The van der Waals surface area contributed by atoms with Gasteiger partial charge < -0.3 is 14.6 Å². The van der Waals surface area contributed by atoms with Gasteiger partial charge in [0.25, 0.3) is 5.91 Å². The zero-order chi connectivity index (χ0) is 24.9. The highest BCUT2D eigenvalue weighted by Crippen LogP contribution is 2.47. The lowest BCUT2D eigenvalue weighted by atomic mass is 10.1. The van der Waals surface area contributed by atoms with Gasteiger partial charge in [0.1, 0.15) is 18.9 Å². The Morgan fingerprint density at radius 3 is 2.43 bits per heavy atom. The summed E-state index contributed by atoms with van der Waals surface area (Å²) in [5, 5.41) is 9.23. The van der Waals surface area contributed by atoms with Crippen LogP contribution >= 0.6 is 23.4 Å². The largest absolute Gasteiger partial charge is 0.489 e. The summed E-state index contributed by atoms with van der Waals surface area (Å²) in [4.78, 5) is 38.7. The van der Waals surface area contributed by atoms with Crippen LogP contribution in [0.1, 0.15) is 23.3 Å². The number of thioether (sulfide) groups is 1. The fraction of sp³-hybridized carbons (Fsp3) is 0.192. The second-order valence-corrected chi connectivity index (χ2v) is 9.46. The summed E-state index contributed by atoms with van der Waals surface area (Å²) in [6.45, 7) is 1.04. The maximum Gasteiger partial charge on any atom is 0.323 e. The molecule has 1 aliphatic rings. The summed E-state index contributed by atoms with van der Waals surface area (Å²) in [5.41, 5.74) is 2.14. The number of carboxylic acids is 1. The number of anilines is 1. The van der Waals surface area contributed by atoms with Crippen LogP contribution in [0.4, 0.5) is 5.69 Å². The Morgan fingerprint density at radius 1 is 1.06 bits per heavy atom. The molecule has 0 aliphatic carbocycles. The smallest absolute Gasteiger partial charge is 0.323 e. The highest BCUT2D eigenvalue weighted by Gasteiger charge is 2.41. The monoisotopic (exact) mass is 511 g/mol. The van der Waals surface area contributed by atoms with Crippen LogP contribution in [0.2, 0.25) is 5.02 Å². The Balaban J connectivity index is 1.67. The number of nitrogens with zero attached hydrogens (tertiary/aromatic N) is 1. The van der Waals surface area contributed by atoms with Gasteiger partial charge in [0.05, 0.1) is 10.9 Å². The summed E-state index contributed by atoms with van der Waals surface area (Å²) in [6, 6.07) is 21.8. The van der Waals surface area contributed by atoms with Gasteiger partial charge >= 0.3 is 11.9 Å². The molecule has 1 N–H and O–H groups in total. The zero-order valence-corrected chi connectivity index (χ0v) is 20.3. The maximum absolute atomic E-state index is 13.5. The molecule has 0 spiro atoms. The average Bonchev–Trinajstić information content (AvgIpc) is 2.93. The first kappa shape index (κ1) is 24.6. The molecule has 1 aliphatic heterocycles. The Bertz CT molecular complexity index is 1230. The van der Waals surface area contributed by atoms with E-state index in [4.69, 9.17) is 21.1 Å². The maximum atomic E-state index is 13.5. The molecule has 35 heavy (non-hydrogen) atoms. The third kappa shape index (κ3) is 5.96. The van der Waals surface area contributed by atoms with Crippen molar-refractivity contribution in [3.8, 4) is 5.75 Å². The number of esters is 1. The van der Waals surface area contributed by atoms with Gasteiger partial charge in [0.2, 0.25) is 0 Å². The van der Waals surface area contributed by atoms with Crippen LogP contribution in [-0.2, 0) is 25.7 Å². The Morgan fingerprint density at radius 2 is 1.77 bits per heavy atom. The molecule has 2 atom stereocenters. The molecule has 3 aromatic rings. The highest BCUT2D eigenvalue weighted by atomic mass is 35.5. The number of ether oxygens (including phenoxy) is 2. The van der Waals surface area contributed by atoms with Crippen molar-refractivity contribution in [3.05, 3.63) is 88.9 Å². The van der Waals surface area contributed by atoms with E-state index in [9.17, 15) is 19.5 Å². The van der Waals surface area contributed by atoms with Crippen molar-refractivity contribution in [3.63, 3.8) is 0 Å². The minimum absolute atomic E-state index is 0.397. The first-order chi connectivity index (χ1) is 16.8. The summed E-state index contributed by atoms with van der Waals surface area (Å²) in [5.74, 6) is -1.81. The van der Waals surface area contributed by atoms with Crippen LogP contribution < -0.4 is 9.64 Å². The van der Waals surface area contributed by atoms with E-state index in [1.807, 2.05) is 30.3 Å². The molecule has 9 heteroatoms. The van der Waals surface area contributed by atoms with Crippen LogP contribution in [0, 0.1) is 0 Å². The number of fused-ring (bicyclic) bond motifs is 1. The quantitative estimate of drug-likeness (QED) is 0.440. The molecule has 0 bridgehead atoms. The molecule has 0 unspecified atom stereocenters. The lowest BCUT2D eigenvalue weighted by Gasteiger charge is -2.26. The molecule has 0 saturated heterocycles. The lowest BCUT2D eigenvalue weighted by Crippen LogP contribution is -2.44. The Kier molecular flexibility index (Phi) is 7.63. The molecule has 0 aromatic heterocycles. The molecule has 0 saturated carbocycles. The molecule has 0 fully saturated rings. The van der Waals surface area contributed by atoms with Crippen LogP contribution in [0.25, 0.3) is 0 Å². The number of rotatable bonds is 7. The van der Waals surface area contributed by atoms with Crippen LogP contribution in [0.15, 0.2) is 77.7 Å². The molecule has 1 amide bonds. The van der Waals surface area contributed by atoms with E-state index in [2.05, 4.69) is 0 Å². The van der Waals surface area contributed by atoms with Gasteiger partial charge in [-0.3, -0.25) is 19.3 Å². The summed E-state index contributed by atoms with van der Waals surface area (Å²) in [7, 11) is 0. The molecule has 0 radical (unpaired) electrons. The van der Waals surface area contributed by atoms with Crippen molar-refractivity contribution in [2.24, 2.45) is 0 Å².